The van der Waals surface area contributed by atoms with Crippen LogP contribution in [-0.4, -0.2) is 53.4 Å². The molecule has 29 heavy (non-hydrogen) atoms. The van der Waals surface area contributed by atoms with E-state index in [9.17, 15) is 4.79 Å². The number of nitrogens with zero attached hydrogens (tertiary/aromatic N) is 3. The van der Waals surface area contributed by atoms with E-state index in [0.717, 1.165) is 40.6 Å². The highest BCUT2D eigenvalue weighted by molar-refractivity contribution is 7.18. The maximum Gasteiger partial charge on any atom is 0.139 e. The fourth-order valence-corrected chi connectivity index (χ4v) is 4.60. The van der Waals surface area contributed by atoms with E-state index in [1.807, 2.05) is 12.4 Å². The lowest BCUT2D eigenvalue weighted by Gasteiger charge is -2.27. The molecule has 0 aliphatic rings. The van der Waals surface area contributed by atoms with Crippen molar-refractivity contribution in [2.24, 2.45) is 4.99 Å². The van der Waals surface area contributed by atoms with E-state index in [1.165, 1.54) is 24.1 Å². The van der Waals surface area contributed by atoms with Crippen LogP contribution in [0.1, 0.15) is 56.4 Å². The summed E-state index contributed by atoms with van der Waals surface area (Å²) in [5.74, 6) is 0. The second-order valence-electron chi connectivity index (χ2n) is 7.20. The number of anilines is 1. The molecular formula is C22H34N4O2S. The fraction of sp³-hybridized carbons (Fsp3) is 0.591. The Bertz CT molecular complexity index is 790. The second kappa shape index (κ2) is 12.5. The van der Waals surface area contributed by atoms with Crippen molar-refractivity contribution < 1.29 is 9.90 Å². The van der Waals surface area contributed by atoms with Crippen LogP contribution >= 0.6 is 11.3 Å². The van der Waals surface area contributed by atoms with Gasteiger partial charge in [0.2, 0.25) is 0 Å². The highest BCUT2D eigenvalue weighted by atomic mass is 32.1. The van der Waals surface area contributed by atoms with Crippen LogP contribution in [0.25, 0.3) is 10.2 Å². The number of aliphatic hydroxyl groups is 1. The van der Waals surface area contributed by atoms with Crippen LogP contribution in [0, 0.1) is 6.92 Å². The van der Waals surface area contributed by atoms with Gasteiger partial charge in [-0.15, -0.1) is 11.3 Å². The molecule has 1 atom stereocenters. The molecule has 7 heteroatoms. The Balaban J connectivity index is 2.18. The molecule has 6 nitrogen and oxygen atoms in total. The molecular weight excluding hydrogens is 384 g/mol. The predicted octanol–water partition coefficient (Wildman–Crippen LogP) is 4.40. The van der Waals surface area contributed by atoms with Crippen LogP contribution in [0.3, 0.4) is 0 Å². The highest BCUT2D eigenvalue weighted by Crippen LogP contribution is 2.34. The SMILES string of the molecule is CCCCCC(CC)N(C=NCc1c(C)sc2nccc(NCCO)c12)CC=O. The minimum Gasteiger partial charge on any atom is -0.395 e. The third-order valence-electron chi connectivity index (χ3n) is 5.17. The molecule has 0 bridgehead atoms. The molecule has 2 aromatic heterocycles. The van der Waals surface area contributed by atoms with Crippen LogP contribution in [0.2, 0.25) is 0 Å². The standard InChI is InChI=1S/C22H34N4O2S/c1-4-6-7-8-18(5-2)26(12-14-28)16-23-15-19-17(3)29-22-21(19)20(9-10-25-22)24-11-13-27/h9-10,14,16,18,27H,4-8,11-13,15H2,1-3H3,(H,24,25). The van der Waals surface area contributed by atoms with Crippen molar-refractivity contribution in [2.75, 3.05) is 25.0 Å². The fourth-order valence-electron chi connectivity index (χ4n) is 3.57. The molecule has 0 saturated heterocycles. The number of carbonyl (C=O) groups is 1. The highest BCUT2D eigenvalue weighted by Gasteiger charge is 2.15. The van der Waals surface area contributed by atoms with Crippen molar-refractivity contribution in [3.05, 3.63) is 22.7 Å². The first-order valence-corrected chi connectivity index (χ1v) is 11.4. The third kappa shape index (κ3) is 6.51. The molecule has 2 rings (SSSR count). The topological polar surface area (TPSA) is 77.8 Å². The van der Waals surface area contributed by atoms with E-state index < -0.39 is 0 Å². The van der Waals surface area contributed by atoms with E-state index in [0.29, 0.717) is 25.7 Å². The number of aldehydes is 1. The average Bonchev–Trinajstić information content (AvgIpc) is 3.05. The van der Waals surface area contributed by atoms with Crippen molar-refractivity contribution in [1.29, 1.82) is 0 Å². The summed E-state index contributed by atoms with van der Waals surface area (Å²) >= 11 is 1.66. The Morgan fingerprint density at radius 3 is 2.90 bits per heavy atom. The molecule has 0 spiro atoms. The summed E-state index contributed by atoms with van der Waals surface area (Å²) in [4.78, 5) is 24.6. The molecule has 160 valence electrons. The van der Waals surface area contributed by atoms with E-state index in [1.54, 1.807) is 17.5 Å². The number of aliphatic imine (C=N–C) groups is 1. The first kappa shape index (κ1) is 23.3. The number of carbonyl (C=O) groups excluding carboxylic acids is 1. The lowest BCUT2D eigenvalue weighted by atomic mass is 10.1. The molecule has 0 aliphatic heterocycles. The molecule has 0 amide bonds. The molecule has 0 aromatic carbocycles. The van der Waals surface area contributed by atoms with Gasteiger partial charge in [-0.25, -0.2) is 4.98 Å². The Labute approximate surface area is 178 Å². The molecule has 0 radical (unpaired) electrons. The molecule has 0 aliphatic carbocycles. The summed E-state index contributed by atoms with van der Waals surface area (Å²) in [7, 11) is 0. The number of thiophene rings is 1. The van der Waals surface area contributed by atoms with Gasteiger partial charge in [-0.05, 0) is 31.4 Å². The van der Waals surface area contributed by atoms with Gasteiger partial charge >= 0.3 is 0 Å². The molecule has 0 saturated carbocycles. The monoisotopic (exact) mass is 418 g/mol. The van der Waals surface area contributed by atoms with Gasteiger partial charge < -0.3 is 20.1 Å². The van der Waals surface area contributed by atoms with Crippen LogP contribution in [0.4, 0.5) is 5.69 Å². The lowest BCUT2D eigenvalue weighted by Crippen LogP contribution is -2.35. The summed E-state index contributed by atoms with van der Waals surface area (Å²) < 4.78 is 0. The number of rotatable bonds is 14. The van der Waals surface area contributed by atoms with Gasteiger partial charge in [0.15, 0.2) is 0 Å². The zero-order chi connectivity index (χ0) is 21.1. The smallest absolute Gasteiger partial charge is 0.139 e. The van der Waals surface area contributed by atoms with Crippen LogP contribution in [0.5, 0.6) is 0 Å². The number of unbranched alkanes of at least 4 members (excludes halogenated alkanes) is 2. The molecule has 2 heterocycles. The first-order chi connectivity index (χ1) is 14.2. The van der Waals surface area contributed by atoms with E-state index in [-0.39, 0.29) is 6.61 Å². The number of aromatic nitrogens is 1. The maximum absolute atomic E-state index is 11.2. The minimum absolute atomic E-state index is 0.0809. The lowest BCUT2D eigenvalue weighted by molar-refractivity contribution is -0.108. The van der Waals surface area contributed by atoms with Crippen LogP contribution in [0.15, 0.2) is 17.3 Å². The van der Waals surface area contributed by atoms with Gasteiger partial charge in [-0.1, -0.05) is 33.1 Å². The van der Waals surface area contributed by atoms with Gasteiger partial charge in [0.25, 0.3) is 0 Å². The van der Waals surface area contributed by atoms with E-state index >= 15 is 0 Å². The molecule has 2 N–H and O–H groups in total. The van der Waals surface area contributed by atoms with Gasteiger partial charge in [-0.3, -0.25) is 4.99 Å². The van der Waals surface area contributed by atoms with Crippen molar-refractivity contribution in [3.63, 3.8) is 0 Å². The number of aliphatic hydroxyl groups excluding tert-OH is 1. The Morgan fingerprint density at radius 2 is 2.21 bits per heavy atom. The van der Waals surface area contributed by atoms with Crippen molar-refractivity contribution >= 4 is 39.9 Å². The van der Waals surface area contributed by atoms with Gasteiger partial charge in [0.05, 0.1) is 26.0 Å². The number of pyridine rings is 1. The minimum atomic E-state index is 0.0809. The zero-order valence-electron chi connectivity index (χ0n) is 17.9. The number of aryl methyl sites for hydroxylation is 1. The number of nitrogens with one attached hydrogen (secondary N) is 1. The van der Waals surface area contributed by atoms with Crippen LogP contribution in [-0.2, 0) is 11.3 Å². The largest absolute Gasteiger partial charge is 0.395 e. The molecule has 0 fully saturated rings. The van der Waals surface area contributed by atoms with Crippen LogP contribution < -0.4 is 5.32 Å². The van der Waals surface area contributed by atoms with E-state index in [4.69, 9.17) is 10.1 Å². The Kier molecular flexibility index (Phi) is 10.1. The number of fused-ring (bicyclic) bond motifs is 1. The normalized spacial score (nSPS) is 12.6. The Hall–Kier alpha value is -1.99. The molecule has 1 unspecified atom stereocenters. The number of hydrogen-bond acceptors (Lipinski definition) is 6. The summed E-state index contributed by atoms with van der Waals surface area (Å²) in [6.07, 6.45) is 10.3. The third-order valence-corrected chi connectivity index (χ3v) is 6.22. The van der Waals surface area contributed by atoms with Gasteiger partial charge in [0, 0.05) is 34.7 Å². The first-order valence-electron chi connectivity index (χ1n) is 10.6. The van der Waals surface area contributed by atoms with Gasteiger partial charge in [0.1, 0.15) is 11.1 Å². The number of hydrogen-bond donors (Lipinski definition) is 2. The summed E-state index contributed by atoms with van der Waals surface area (Å²) in [6.45, 7) is 7.97. The summed E-state index contributed by atoms with van der Waals surface area (Å²) in [6, 6.07) is 2.29. The zero-order valence-corrected chi connectivity index (χ0v) is 18.7. The van der Waals surface area contributed by atoms with Crippen molar-refractivity contribution in [2.45, 2.75) is 65.5 Å². The second-order valence-corrected chi connectivity index (χ2v) is 8.41. The molecule has 2 aromatic rings. The summed E-state index contributed by atoms with van der Waals surface area (Å²) in [5, 5.41) is 13.5. The van der Waals surface area contributed by atoms with E-state index in [2.05, 4.69) is 36.0 Å². The van der Waals surface area contributed by atoms with Crippen molar-refractivity contribution in [3.8, 4) is 0 Å². The summed E-state index contributed by atoms with van der Waals surface area (Å²) in [5.41, 5.74) is 2.13. The van der Waals surface area contributed by atoms with Crippen molar-refractivity contribution in [1.82, 2.24) is 9.88 Å². The van der Waals surface area contributed by atoms with Gasteiger partial charge in [-0.2, -0.15) is 0 Å². The maximum atomic E-state index is 11.2. The predicted molar refractivity (Wildman–Crippen MR) is 123 cm³/mol. The average molecular weight is 419 g/mol. The quantitative estimate of drug-likeness (QED) is 0.206. The Morgan fingerprint density at radius 1 is 1.38 bits per heavy atom.